The summed E-state index contributed by atoms with van der Waals surface area (Å²) in [5, 5.41) is 0. The average molecular weight is 570 g/mol. The second-order valence-electron chi connectivity index (χ2n) is 10.6. The first-order chi connectivity index (χ1) is 19.8. The van der Waals surface area contributed by atoms with Crippen molar-refractivity contribution in [2.75, 3.05) is 26.8 Å². The van der Waals surface area contributed by atoms with Crippen LogP contribution in [-0.4, -0.2) is 59.0 Å². The molecule has 0 N–H and O–H groups in total. The topological polar surface area (TPSA) is 54.8 Å². The van der Waals surface area contributed by atoms with E-state index in [4.69, 9.17) is 4.74 Å². The fourth-order valence-electron chi connectivity index (χ4n) is 5.41. The number of halogens is 3. The van der Waals surface area contributed by atoms with Crippen LogP contribution >= 0.6 is 0 Å². The molecule has 0 unspecified atom stereocenters. The number of nitrogens with zero attached hydrogens (tertiary/aromatic N) is 3. The SMILES string of the molecule is COCCCN(CC(=O)N(Cc1cccn1Cc1ccccc1)C1CCCCC1)C(=O)c1ccc(C(F)(F)F)cc1. The Morgan fingerprint density at radius 2 is 1.66 bits per heavy atom. The summed E-state index contributed by atoms with van der Waals surface area (Å²) in [5.74, 6) is -0.638. The molecule has 0 aliphatic heterocycles. The number of benzene rings is 2. The van der Waals surface area contributed by atoms with Gasteiger partial charge in [0.25, 0.3) is 5.91 Å². The lowest BCUT2D eigenvalue weighted by molar-refractivity contribution is -0.137. The zero-order valence-electron chi connectivity index (χ0n) is 23.5. The first-order valence-corrected chi connectivity index (χ1v) is 14.2. The fourth-order valence-corrected chi connectivity index (χ4v) is 5.41. The van der Waals surface area contributed by atoms with Crippen molar-refractivity contribution in [3.63, 3.8) is 0 Å². The van der Waals surface area contributed by atoms with Crippen molar-refractivity contribution in [2.45, 2.75) is 63.8 Å². The first-order valence-electron chi connectivity index (χ1n) is 14.2. The van der Waals surface area contributed by atoms with Crippen LogP contribution in [0.4, 0.5) is 13.2 Å². The highest BCUT2D eigenvalue weighted by molar-refractivity contribution is 5.96. The number of amides is 2. The number of ether oxygens (including phenoxy) is 1. The van der Waals surface area contributed by atoms with Crippen molar-refractivity contribution in [1.29, 1.82) is 0 Å². The molecule has 4 rings (SSSR count). The summed E-state index contributed by atoms with van der Waals surface area (Å²) in [5.41, 5.74) is 1.46. The van der Waals surface area contributed by atoms with Gasteiger partial charge in [-0.15, -0.1) is 0 Å². The van der Waals surface area contributed by atoms with E-state index in [1.807, 2.05) is 41.4 Å². The Morgan fingerprint density at radius 3 is 2.32 bits per heavy atom. The van der Waals surface area contributed by atoms with Gasteiger partial charge in [-0.1, -0.05) is 49.6 Å². The molecule has 0 spiro atoms. The minimum absolute atomic E-state index is 0.0679. The molecule has 0 bridgehead atoms. The molecular weight excluding hydrogens is 531 g/mol. The maximum absolute atomic E-state index is 13.9. The summed E-state index contributed by atoms with van der Waals surface area (Å²) < 4.78 is 46.5. The van der Waals surface area contributed by atoms with Crippen LogP contribution in [0.2, 0.25) is 0 Å². The molecule has 9 heteroatoms. The van der Waals surface area contributed by atoms with Crippen molar-refractivity contribution >= 4 is 11.8 Å². The molecule has 1 aliphatic rings. The van der Waals surface area contributed by atoms with E-state index >= 15 is 0 Å². The fraction of sp³-hybridized carbons (Fsp3) is 0.438. The van der Waals surface area contributed by atoms with Crippen molar-refractivity contribution in [3.8, 4) is 0 Å². The van der Waals surface area contributed by atoms with E-state index in [2.05, 4.69) is 16.7 Å². The Bertz CT molecular complexity index is 1250. The quantitative estimate of drug-likeness (QED) is 0.238. The van der Waals surface area contributed by atoms with Gasteiger partial charge in [0, 0.05) is 50.3 Å². The molecule has 3 aromatic rings. The Morgan fingerprint density at radius 1 is 0.951 bits per heavy atom. The lowest BCUT2D eigenvalue weighted by Gasteiger charge is -2.36. The molecule has 1 aromatic heterocycles. The maximum atomic E-state index is 13.9. The highest BCUT2D eigenvalue weighted by Gasteiger charge is 2.32. The van der Waals surface area contributed by atoms with Gasteiger partial charge in [-0.2, -0.15) is 13.2 Å². The van der Waals surface area contributed by atoms with E-state index in [9.17, 15) is 22.8 Å². The zero-order chi connectivity index (χ0) is 29.2. The molecule has 0 atom stereocenters. The number of carbonyl (C=O) groups is 2. The van der Waals surface area contributed by atoms with Crippen LogP contribution in [0.15, 0.2) is 72.9 Å². The standard InChI is InChI=1S/C32H38F3N3O3/c1-41-21-9-20-37(31(40)26-15-17-27(18-16-26)32(33,34)35)24-30(39)38(28-12-6-3-7-13-28)23-29-14-8-19-36(29)22-25-10-4-2-5-11-25/h2,4-5,8,10-11,14-19,28H,3,6-7,9,12-13,20-24H2,1H3. The van der Waals surface area contributed by atoms with Crippen molar-refractivity contribution in [3.05, 3.63) is 95.3 Å². The van der Waals surface area contributed by atoms with Crippen LogP contribution in [0, 0.1) is 0 Å². The summed E-state index contributed by atoms with van der Waals surface area (Å²) in [6.45, 7) is 1.60. The third kappa shape index (κ3) is 8.45. The molecule has 0 saturated heterocycles. The minimum Gasteiger partial charge on any atom is -0.385 e. The van der Waals surface area contributed by atoms with E-state index in [0.29, 0.717) is 26.1 Å². The minimum atomic E-state index is -4.49. The van der Waals surface area contributed by atoms with Crippen LogP contribution in [-0.2, 0) is 28.8 Å². The highest BCUT2D eigenvalue weighted by atomic mass is 19.4. The average Bonchev–Trinajstić information content (AvgIpc) is 3.42. The van der Waals surface area contributed by atoms with Crippen LogP contribution in [0.1, 0.15) is 65.7 Å². The van der Waals surface area contributed by atoms with E-state index in [-0.39, 0.29) is 30.6 Å². The number of carbonyl (C=O) groups excluding carboxylic acids is 2. The zero-order valence-corrected chi connectivity index (χ0v) is 23.5. The molecule has 1 fully saturated rings. The van der Waals surface area contributed by atoms with Gasteiger partial charge < -0.3 is 19.1 Å². The second kappa shape index (κ2) is 14.3. The van der Waals surface area contributed by atoms with Gasteiger partial charge in [0.1, 0.15) is 6.54 Å². The predicted molar refractivity (Wildman–Crippen MR) is 151 cm³/mol. The smallest absolute Gasteiger partial charge is 0.385 e. The van der Waals surface area contributed by atoms with Gasteiger partial charge in [-0.3, -0.25) is 9.59 Å². The summed E-state index contributed by atoms with van der Waals surface area (Å²) in [4.78, 5) is 30.7. The summed E-state index contributed by atoms with van der Waals surface area (Å²) in [7, 11) is 1.56. The molecule has 1 saturated carbocycles. The normalized spacial score (nSPS) is 14.1. The van der Waals surface area contributed by atoms with Gasteiger partial charge >= 0.3 is 6.18 Å². The molecule has 2 amide bonds. The number of rotatable bonds is 12. The Balaban J connectivity index is 1.54. The highest BCUT2D eigenvalue weighted by Crippen LogP contribution is 2.29. The maximum Gasteiger partial charge on any atom is 0.416 e. The lowest BCUT2D eigenvalue weighted by Crippen LogP contribution is -2.48. The lowest BCUT2D eigenvalue weighted by atomic mass is 9.94. The first kappa shape index (κ1) is 30.4. The molecule has 0 radical (unpaired) electrons. The Hall–Kier alpha value is -3.59. The van der Waals surface area contributed by atoms with Crippen LogP contribution in [0.25, 0.3) is 0 Å². The second-order valence-corrected chi connectivity index (χ2v) is 10.6. The van der Waals surface area contributed by atoms with Crippen molar-refractivity contribution < 1.29 is 27.5 Å². The summed E-state index contributed by atoms with van der Waals surface area (Å²) >= 11 is 0. The van der Waals surface area contributed by atoms with Gasteiger partial charge in [-0.05, 0) is 61.2 Å². The van der Waals surface area contributed by atoms with Crippen LogP contribution < -0.4 is 0 Å². The molecule has 2 aromatic carbocycles. The number of hydrogen-bond donors (Lipinski definition) is 0. The molecule has 41 heavy (non-hydrogen) atoms. The predicted octanol–water partition coefficient (Wildman–Crippen LogP) is 6.40. The summed E-state index contributed by atoms with van der Waals surface area (Å²) in [6.07, 6.45) is 3.05. The van der Waals surface area contributed by atoms with Crippen molar-refractivity contribution in [1.82, 2.24) is 14.4 Å². The van der Waals surface area contributed by atoms with E-state index in [0.717, 1.165) is 55.5 Å². The van der Waals surface area contributed by atoms with Gasteiger partial charge in [0.2, 0.25) is 5.91 Å². The van der Waals surface area contributed by atoms with Gasteiger partial charge in [-0.25, -0.2) is 0 Å². The van der Waals surface area contributed by atoms with Gasteiger partial charge in [0.05, 0.1) is 12.1 Å². The molecule has 6 nitrogen and oxygen atoms in total. The Labute approximate surface area is 239 Å². The van der Waals surface area contributed by atoms with Crippen molar-refractivity contribution in [2.24, 2.45) is 0 Å². The summed E-state index contributed by atoms with van der Waals surface area (Å²) in [6, 6.07) is 18.3. The number of aromatic nitrogens is 1. The third-order valence-electron chi connectivity index (χ3n) is 7.64. The van der Waals surface area contributed by atoms with E-state index in [1.54, 1.807) is 7.11 Å². The van der Waals surface area contributed by atoms with E-state index < -0.39 is 17.6 Å². The van der Waals surface area contributed by atoms with Crippen LogP contribution in [0.3, 0.4) is 0 Å². The largest absolute Gasteiger partial charge is 0.416 e. The van der Waals surface area contributed by atoms with Gasteiger partial charge in [0.15, 0.2) is 0 Å². The molecule has 1 aliphatic carbocycles. The Kier molecular flexibility index (Phi) is 10.6. The molecule has 1 heterocycles. The molecule has 220 valence electrons. The number of methoxy groups -OCH3 is 1. The van der Waals surface area contributed by atoms with E-state index in [1.165, 1.54) is 17.0 Å². The number of alkyl halides is 3. The monoisotopic (exact) mass is 569 g/mol. The number of hydrogen-bond acceptors (Lipinski definition) is 3. The third-order valence-corrected chi connectivity index (χ3v) is 7.64. The van der Waals surface area contributed by atoms with Crippen LogP contribution in [0.5, 0.6) is 0 Å². The molecular formula is C32H38F3N3O3.